The van der Waals surface area contributed by atoms with Gasteiger partial charge in [0.15, 0.2) is 22.5 Å². The molecule has 0 spiro atoms. The van der Waals surface area contributed by atoms with Crippen LogP contribution in [0.3, 0.4) is 0 Å². The second kappa shape index (κ2) is 6.06. The fourth-order valence-electron chi connectivity index (χ4n) is 2.67. The molecule has 0 aliphatic heterocycles. The van der Waals surface area contributed by atoms with E-state index >= 15 is 0 Å². The number of nitrogens with one attached hydrogen (secondary N) is 1. The van der Waals surface area contributed by atoms with Crippen LogP contribution in [0.4, 0.5) is 13.9 Å². The molecular formula is C18H12F2N2O3S. The normalized spacial score (nSPS) is 11.2. The average Bonchev–Trinajstić information content (AvgIpc) is 3.15. The van der Waals surface area contributed by atoms with E-state index in [0.717, 1.165) is 28.9 Å². The Hall–Kier alpha value is -3.00. The van der Waals surface area contributed by atoms with Crippen LogP contribution in [0.15, 0.2) is 34.7 Å². The van der Waals surface area contributed by atoms with Gasteiger partial charge in [-0.2, -0.15) is 0 Å². The minimum Gasteiger partial charge on any atom is -0.497 e. The van der Waals surface area contributed by atoms with E-state index in [1.165, 1.54) is 0 Å². The maximum absolute atomic E-state index is 13.3. The van der Waals surface area contributed by atoms with Crippen molar-refractivity contribution in [1.29, 1.82) is 0 Å². The standard InChI is InChI=1S/C18H12F2N2O3S/c1-8-10-5-9(24-2)3-4-14(10)25-16(8)17(23)22-18-21-13-6-11(19)12(20)7-15(13)26-18/h3-7H,1-2H3,(H,21,22,23). The average molecular weight is 374 g/mol. The van der Waals surface area contributed by atoms with E-state index < -0.39 is 17.5 Å². The predicted octanol–water partition coefficient (Wildman–Crippen LogP) is 4.89. The summed E-state index contributed by atoms with van der Waals surface area (Å²) in [7, 11) is 1.56. The largest absolute Gasteiger partial charge is 0.497 e. The molecule has 0 atom stereocenters. The molecule has 0 bridgehead atoms. The molecular weight excluding hydrogens is 362 g/mol. The van der Waals surface area contributed by atoms with Gasteiger partial charge in [0.1, 0.15) is 11.3 Å². The van der Waals surface area contributed by atoms with E-state index in [-0.39, 0.29) is 16.4 Å². The minimum absolute atomic E-state index is 0.143. The van der Waals surface area contributed by atoms with Crippen molar-refractivity contribution >= 4 is 43.6 Å². The SMILES string of the molecule is COc1ccc2oc(C(=O)Nc3nc4cc(F)c(F)cc4s3)c(C)c2c1. The van der Waals surface area contributed by atoms with Gasteiger partial charge in [0.2, 0.25) is 0 Å². The molecule has 0 saturated heterocycles. The van der Waals surface area contributed by atoms with Gasteiger partial charge in [0, 0.05) is 17.0 Å². The van der Waals surface area contributed by atoms with Gasteiger partial charge in [-0.15, -0.1) is 0 Å². The van der Waals surface area contributed by atoms with Crippen LogP contribution in [-0.4, -0.2) is 18.0 Å². The lowest BCUT2D eigenvalue weighted by Crippen LogP contribution is -2.11. The zero-order chi connectivity index (χ0) is 18.4. The molecule has 26 heavy (non-hydrogen) atoms. The number of fused-ring (bicyclic) bond motifs is 2. The first-order valence-electron chi connectivity index (χ1n) is 7.60. The highest BCUT2D eigenvalue weighted by molar-refractivity contribution is 7.22. The van der Waals surface area contributed by atoms with E-state index in [4.69, 9.17) is 9.15 Å². The number of rotatable bonds is 3. The third-order valence-electron chi connectivity index (χ3n) is 4.00. The molecule has 8 heteroatoms. The second-order valence-corrected chi connectivity index (χ2v) is 6.66. The van der Waals surface area contributed by atoms with Gasteiger partial charge in [-0.1, -0.05) is 11.3 Å². The van der Waals surface area contributed by atoms with Crippen molar-refractivity contribution in [2.75, 3.05) is 12.4 Å². The molecule has 1 N–H and O–H groups in total. The number of furan rings is 1. The van der Waals surface area contributed by atoms with E-state index in [2.05, 4.69) is 10.3 Å². The number of carbonyl (C=O) groups excluding carboxylic acids is 1. The van der Waals surface area contributed by atoms with Crippen LogP contribution in [0.1, 0.15) is 16.1 Å². The summed E-state index contributed by atoms with van der Waals surface area (Å²) in [5.41, 5.74) is 1.49. The molecule has 2 aromatic carbocycles. The number of amides is 1. The fraction of sp³-hybridized carbons (Fsp3) is 0.111. The summed E-state index contributed by atoms with van der Waals surface area (Å²) < 4.78 is 37.9. The molecule has 0 fully saturated rings. The lowest BCUT2D eigenvalue weighted by Gasteiger charge is -1.99. The maximum Gasteiger partial charge on any atom is 0.293 e. The maximum atomic E-state index is 13.3. The van der Waals surface area contributed by atoms with E-state index in [9.17, 15) is 13.6 Å². The van der Waals surface area contributed by atoms with Gasteiger partial charge < -0.3 is 9.15 Å². The van der Waals surface area contributed by atoms with Gasteiger partial charge in [-0.25, -0.2) is 13.8 Å². The van der Waals surface area contributed by atoms with Crippen molar-refractivity contribution in [2.24, 2.45) is 0 Å². The van der Waals surface area contributed by atoms with Gasteiger partial charge in [-0.05, 0) is 31.2 Å². The number of hydrogen-bond donors (Lipinski definition) is 1. The van der Waals surface area contributed by atoms with E-state index in [1.807, 2.05) is 0 Å². The summed E-state index contributed by atoms with van der Waals surface area (Å²) in [6.45, 7) is 1.77. The van der Waals surface area contributed by atoms with Gasteiger partial charge in [0.25, 0.3) is 5.91 Å². The Morgan fingerprint density at radius 3 is 2.77 bits per heavy atom. The highest BCUT2D eigenvalue weighted by Gasteiger charge is 2.20. The van der Waals surface area contributed by atoms with Crippen LogP contribution in [0.25, 0.3) is 21.2 Å². The number of nitrogens with zero attached hydrogens (tertiary/aromatic N) is 1. The number of carbonyl (C=O) groups is 1. The molecule has 0 saturated carbocycles. The van der Waals surface area contributed by atoms with Crippen molar-refractivity contribution in [3.05, 3.63) is 53.3 Å². The monoisotopic (exact) mass is 374 g/mol. The van der Waals surface area contributed by atoms with Gasteiger partial charge in [-0.3, -0.25) is 10.1 Å². The number of ether oxygens (including phenoxy) is 1. The van der Waals surface area contributed by atoms with Gasteiger partial charge in [0.05, 0.1) is 17.3 Å². The number of methoxy groups -OCH3 is 1. The minimum atomic E-state index is -0.984. The summed E-state index contributed by atoms with van der Waals surface area (Å²) in [5.74, 6) is -1.63. The van der Waals surface area contributed by atoms with E-state index in [0.29, 0.717) is 21.6 Å². The third-order valence-corrected chi connectivity index (χ3v) is 4.93. The summed E-state index contributed by atoms with van der Waals surface area (Å²) in [6.07, 6.45) is 0. The smallest absolute Gasteiger partial charge is 0.293 e. The number of halogens is 2. The lowest BCUT2D eigenvalue weighted by molar-refractivity contribution is 0.0998. The first-order valence-corrected chi connectivity index (χ1v) is 8.42. The van der Waals surface area contributed by atoms with Crippen molar-refractivity contribution in [1.82, 2.24) is 4.98 Å². The number of thiazole rings is 1. The Bertz CT molecular complexity index is 1130. The molecule has 1 amide bonds. The van der Waals surface area contributed by atoms with Crippen LogP contribution >= 0.6 is 11.3 Å². The molecule has 0 unspecified atom stereocenters. The van der Waals surface area contributed by atoms with Crippen molar-refractivity contribution < 1.29 is 22.7 Å². The molecule has 5 nitrogen and oxygen atoms in total. The molecule has 0 aliphatic rings. The first-order chi connectivity index (χ1) is 12.5. The third kappa shape index (κ3) is 2.68. The highest BCUT2D eigenvalue weighted by Crippen LogP contribution is 2.31. The fourth-order valence-corrected chi connectivity index (χ4v) is 3.54. The van der Waals surface area contributed by atoms with E-state index in [1.54, 1.807) is 32.2 Å². The van der Waals surface area contributed by atoms with Crippen LogP contribution in [-0.2, 0) is 0 Å². The number of aromatic nitrogens is 1. The Morgan fingerprint density at radius 1 is 1.23 bits per heavy atom. The summed E-state index contributed by atoms with van der Waals surface area (Å²) in [6, 6.07) is 7.30. The molecule has 4 rings (SSSR count). The van der Waals surface area contributed by atoms with Crippen LogP contribution < -0.4 is 10.1 Å². The zero-order valence-electron chi connectivity index (χ0n) is 13.7. The number of benzene rings is 2. The number of aryl methyl sites for hydroxylation is 1. The Labute approximate surface area is 150 Å². The topological polar surface area (TPSA) is 64.4 Å². The number of anilines is 1. The predicted molar refractivity (Wildman–Crippen MR) is 95.0 cm³/mol. The summed E-state index contributed by atoms with van der Waals surface area (Å²) in [4.78, 5) is 16.7. The summed E-state index contributed by atoms with van der Waals surface area (Å²) in [5, 5.41) is 3.61. The Morgan fingerprint density at radius 2 is 2.00 bits per heavy atom. The van der Waals surface area contributed by atoms with Crippen molar-refractivity contribution in [3.63, 3.8) is 0 Å². The zero-order valence-corrected chi connectivity index (χ0v) is 14.5. The number of hydrogen-bond acceptors (Lipinski definition) is 5. The van der Waals surface area contributed by atoms with Crippen LogP contribution in [0, 0.1) is 18.6 Å². The highest BCUT2D eigenvalue weighted by atomic mass is 32.1. The Balaban J connectivity index is 1.68. The molecule has 0 radical (unpaired) electrons. The van der Waals surface area contributed by atoms with Gasteiger partial charge >= 0.3 is 0 Å². The lowest BCUT2D eigenvalue weighted by atomic mass is 10.1. The second-order valence-electron chi connectivity index (χ2n) is 5.63. The quantitative estimate of drug-likeness (QED) is 0.555. The molecule has 4 aromatic rings. The van der Waals surface area contributed by atoms with Crippen LogP contribution in [0.5, 0.6) is 5.75 Å². The summed E-state index contributed by atoms with van der Waals surface area (Å²) >= 11 is 1.05. The van der Waals surface area contributed by atoms with Crippen LogP contribution in [0.2, 0.25) is 0 Å². The van der Waals surface area contributed by atoms with Crippen molar-refractivity contribution in [2.45, 2.75) is 6.92 Å². The molecule has 0 aliphatic carbocycles. The molecule has 132 valence electrons. The molecule has 2 heterocycles. The first kappa shape index (κ1) is 16.5. The molecule has 2 aromatic heterocycles. The Kier molecular flexibility index (Phi) is 3.84. The van der Waals surface area contributed by atoms with Crippen molar-refractivity contribution in [3.8, 4) is 5.75 Å².